The van der Waals surface area contributed by atoms with Crippen molar-refractivity contribution in [2.24, 2.45) is 0 Å². The molecule has 8 nitrogen and oxygen atoms in total. The molecule has 1 N–H and O–H groups in total. The molecule has 0 saturated carbocycles. The number of phosphoric acid groups is 1. The van der Waals surface area contributed by atoms with Gasteiger partial charge in [-0.15, -0.1) is 0 Å². The smallest absolute Gasteiger partial charge is 0.457 e. The molecule has 0 bridgehead atoms. The average Bonchev–Trinajstić information content (AvgIpc) is 3.13. The zero-order chi connectivity index (χ0) is 40.6. The molecule has 9 heteroatoms. The summed E-state index contributed by atoms with van der Waals surface area (Å²) in [5.41, 5.74) is 0. The fraction of sp³-hybridized carbons (Fsp3) is 0.717. The Labute approximate surface area is 338 Å². The van der Waals surface area contributed by atoms with E-state index in [0.29, 0.717) is 24.1 Å². The van der Waals surface area contributed by atoms with Crippen LogP contribution in [0.15, 0.2) is 72.9 Å². The lowest BCUT2D eigenvalue weighted by molar-refractivity contribution is -0.870. The van der Waals surface area contributed by atoms with Crippen molar-refractivity contribution >= 4 is 13.8 Å². The van der Waals surface area contributed by atoms with Crippen molar-refractivity contribution in [3.63, 3.8) is 0 Å². The molecule has 0 amide bonds. The molecule has 0 spiro atoms. The van der Waals surface area contributed by atoms with E-state index >= 15 is 0 Å². The number of phosphoric ester groups is 1. The molecule has 0 aromatic rings. The Hall–Kier alpha value is -2.06. The highest BCUT2D eigenvalue weighted by Crippen LogP contribution is 2.43. The third kappa shape index (κ3) is 42.9. The first-order valence-corrected chi connectivity index (χ1v) is 23.2. The standard InChI is InChI=1S/C46H82NO7P/c1-6-8-10-12-14-16-17-18-19-20-21-22-23-24-25-26-27-28-29-30-32-34-36-38-41-51-43-45(44-53-55(49,50)52-42-40-47(3,4)5)54-46(48)39-37-35-33-31-15-13-11-9-7-2/h8,10,14,16,18-19,21-22,24-25,27-28,45H,6-7,9,11-13,15,17,20,23,26,29-44H2,1-5H3/p+1/b10-8-,16-14-,19-18-,22-21-,25-24-,28-27-. The molecule has 0 aliphatic carbocycles. The summed E-state index contributed by atoms with van der Waals surface area (Å²) < 4.78 is 34.9. The summed E-state index contributed by atoms with van der Waals surface area (Å²) in [6, 6.07) is 0. The summed E-state index contributed by atoms with van der Waals surface area (Å²) in [5.74, 6) is -0.328. The van der Waals surface area contributed by atoms with Gasteiger partial charge in [0.15, 0.2) is 0 Å². The maximum Gasteiger partial charge on any atom is 0.472 e. The topological polar surface area (TPSA) is 91.3 Å². The van der Waals surface area contributed by atoms with Crippen LogP contribution >= 0.6 is 7.82 Å². The molecule has 2 unspecified atom stereocenters. The molecule has 55 heavy (non-hydrogen) atoms. The van der Waals surface area contributed by atoms with Crippen LogP contribution in [0.25, 0.3) is 0 Å². The van der Waals surface area contributed by atoms with E-state index in [1.807, 2.05) is 21.1 Å². The van der Waals surface area contributed by atoms with Crippen LogP contribution in [0.4, 0.5) is 0 Å². The van der Waals surface area contributed by atoms with E-state index in [9.17, 15) is 14.3 Å². The molecule has 0 aromatic heterocycles. The highest BCUT2D eigenvalue weighted by Gasteiger charge is 2.26. The van der Waals surface area contributed by atoms with E-state index in [0.717, 1.165) is 83.5 Å². The number of esters is 1. The highest BCUT2D eigenvalue weighted by molar-refractivity contribution is 7.47. The Morgan fingerprint density at radius 3 is 1.58 bits per heavy atom. The van der Waals surface area contributed by atoms with Crippen molar-refractivity contribution in [2.45, 2.75) is 161 Å². The minimum atomic E-state index is -4.28. The largest absolute Gasteiger partial charge is 0.472 e. The van der Waals surface area contributed by atoms with Gasteiger partial charge in [-0.25, -0.2) is 4.57 Å². The number of unbranched alkanes of at least 4 members (excludes halogenated alkanes) is 13. The second kappa shape index (κ2) is 38.8. The third-order valence-corrected chi connectivity index (χ3v) is 9.77. The lowest BCUT2D eigenvalue weighted by atomic mass is 10.1. The minimum absolute atomic E-state index is 0.0816. The van der Waals surface area contributed by atoms with Gasteiger partial charge in [0.2, 0.25) is 0 Å². The monoisotopic (exact) mass is 793 g/mol. The number of nitrogens with zero attached hydrogens (tertiary/aromatic N) is 1. The molecule has 0 aromatic carbocycles. The molecule has 318 valence electrons. The first-order valence-electron chi connectivity index (χ1n) is 21.7. The van der Waals surface area contributed by atoms with Crippen LogP contribution in [-0.2, 0) is 27.9 Å². The van der Waals surface area contributed by atoms with Gasteiger partial charge in [-0.2, -0.15) is 0 Å². The zero-order valence-electron chi connectivity index (χ0n) is 35.9. The fourth-order valence-corrected chi connectivity index (χ4v) is 6.18. The van der Waals surface area contributed by atoms with Crippen LogP contribution in [0.2, 0.25) is 0 Å². The van der Waals surface area contributed by atoms with Gasteiger partial charge < -0.3 is 18.9 Å². The van der Waals surface area contributed by atoms with Crippen LogP contribution in [0.1, 0.15) is 155 Å². The molecule has 0 fully saturated rings. The number of allylic oxidation sites excluding steroid dienone is 12. The lowest BCUT2D eigenvalue weighted by Gasteiger charge is -2.24. The van der Waals surface area contributed by atoms with Crippen LogP contribution in [0.5, 0.6) is 0 Å². The van der Waals surface area contributed by atoms with Crippen molar-refractivity contribution in [1.82, 2.24) is 0 Å². The predicted molar refractivity (Wildman–Crippen MR) is 233 cm³/mol. The second-order valence-corrected chi connectivity index (χ2v) is 16.8. The molecular formula is C46H83NO7P+. The maximum absolute atomic E-state index is 12.6. The Balaban J connectivity index is 4.20. The number of rotatable bonds is 39. The SMILES string of the molecule is CC/C=C\C/C=C\C/C=C\C/C=C\C/C=C\C/C=C\CCCCCCCOCC(COP(=O)(O)OCC[N+](C)(C)C)OC(=O)CCCCCCCCCCC. The van der Waals surface area contributed by atoms with Crippen molar-refractivity contribution in [3.05, 3.63) is 72.9 Å². The molecule has 0 saturated heterocycles. The van der Waals surface area contributed by atoms with Crippen molar-refractivity contribution in [1.29, 1.82) is 0 Å². The predicted octanol–water partition coefficient (Wildman–Crippen LogP) is 12.7. The summed E-state index contributed by atoms with van der Waals surface area (Å²) in [5, 5.41) is 0. The minimum Gasteiger partial charge on any atom is -0.457 e. The molecule has 0 radical (unpaired) electrons. The number of hydrogen-bond donors (Lipinski definition) is 1. The summed E-state index contributed by atoms with van der Waals surface area (Å²) in [7, 11) is 1.64. The molecule has 0 rings (SSSR count). The Morgan fingerprint density at radius 1 is 0.582 bits per heavy atom. The summed E-state index contributed by atoms with van der Waals surface area (Å²) in [6.45, 7) is 5.42. The summed E-state index contributed by atoms with van der Waals surface area (Å²) in [4.78, 5) is 22.8. The van der Waals surface area contributed by atoms with Gasteiger partial charge in [0.25, 0.3) is 0 Å². The van der Waals surface area contributed by atoms with Gasteiger partial charge >= 0.3 is 13.8 Å². The number of hydrogen-bond acceptors (Lipinski definition) is 6. The maximum atomic E-state index is 12.6. The number of ether oxygens (including phenoxy) is 2. The van der Waals surface area contributed by atoms with Crippen molar-refractivity contribution in [3.8, 4) is 0 Å². The highest BCUT2D eigenvalue weighted by atomic mass is 31.2. The van der Waals surface area contributed by atoms with Gasteiger partial charge in [0.05, 0.1) is 34.4 Å². The van der Waals surface area contributed by atoms with Crippen molar-refractivity contribution in [2.75, 3.05) is 54.1 Å². The number of likely N-dealkylation sites (N-methyl/N-ethyl adjacent to an activating group) is 1. The molecule has 0 aliphatic rings. The number of carbonyl (C=O) groups excluding carboxylic acids is 1. The third-order valence-electron chi connectivity index (χ3n) is 8.78. The van der Waals surface area contributed by atoms with E-state index in [-0.39, 0.29) is 25.8 Å². The van der Waals surface area contributed by atoms with E-state index in [4.69, 9.17) is 18.5 Å². The quantitative estimate of drug-likeness (QED) is 0.0218. The summed E-state index contributed by atoms with van der Waals surface area (Å²) >= 11 is 0. The van der Waals surface area contributed by atoms with Crippen LogP contribution < -0.4 is 0 Å². The Kier molecular flexibility index (Phi) is 37.3. The Morgan fingerprint density at radius 2 is 1.05 bits per heavy atom. The van der Waals surface area contributed by atoms with E-state index in [1.54, 1.807) is 0 Å². The van der Waals surface area contributed by atoms with Crippen molar-refractivity contribution < 1.29 is 37.3 Å². The first-order chi connectivity index (χ1) is 26.6. The second-order valence-electron chi connectivity index (χ2n) is 15.3. The normalized spacial score (nSPS) is 14.5. The molecule has 0 aliphatic heterocycles. The number of carbonyl (C=O) groups is 1. The van der Waals surface area contributed by atoms with Crippen LogP contribution in [0.3, 0.4) is 0 Å². The van der Waals surface area contributed by atoms with E-state index in [1.165, 1.54) is 51.4 Å². The van der Waals surface area contributed by atoms with Gasteiger partial charge in [0.1, 0.15) is 19.3 Å². The molecular weight excluding hydrogens is 709 g/mol. The van der Waals surface area contributed by atoms with Gasteiger partial charge in [-0.1, -0.05) is 157 Å². The Bertz CT molecular complexity index is 1110. The lowest BCUT2D eigenvalue weighted by Crippen LogP contribution is -2.37. The first kappa shape index (κ1) is 52.9. The van der Waals surface area contributed by atoms with Gasteiger partial charge in [0, 0.05) is 13.0 Å². The van der Waals surface area contributed by atoms with E-state index < -0.39 is 13.9 Å². The molecule has 0 heterocycles. The number of quaternary nitrogens is 1. The molecule has 2 atom stereocenters. The van der Waals surface area contributed by atoms with Gasteiger partial charge in [-0.05, 0) is 64.2 Å². The van der Waals surface area contributed by atoms with Gasteiger partial charge in [-0.3, -0.25) is 13.8 Å². The average molecular weight is 793 g/mol. The van der Waals surface area contributed by atoms with E-state index in [2.05, 4.69) is 86.8 Å². The zero-order valence-corrected chi connectivity index (χ0v) is 36.8. The summed E-state index contributed by atoms with van der Waals surface area (Å²) in [6.07, 6.45) is 49.4. The van der Waals surface area contributed by atoms with Crippen LogP contribution in [0, 0.1) is 0 Å². The van der Waals surface area contributed by atoms with Crippen LogP contribution in [-0.4, -0.2) is 75.6 Å². The fourth-order valence-electron chi connectivity index (χ4n) is 5.44.